The van der Waals surface area contributed by atoms with Crippen molar-refractivity contribution in [3.05, 3.63) is 181 Å². The summed E-state index contributed by atoms with van der Waals surface area (Å²) in [5.41, 5.74) is 2.73. The van der Waals surface area contributed by atoms with Crippen LogP contribution < -0.4 is 9.80 Å². The van der Waals surface area contributed by atoms with Crippen LogP contribution in [0.3, 0.4) is 0 Å². The van der Waals surface area contributed by atoms with Gasteiger partial charge in [0.15, 0.2) is 0 Å². The van der Waals surface area contributed by atoms with Crippen molar-refractivity contribution in [3.63, 3.8) is 0 Å². The van der Waals surface area contributed by atoms with E-state index in [0.717, 1.165) is 79.3 Å². The summed E-state index contributed by atoms with van der Waals surface area (Å²) in [7, 11) is 0. The Morgan fingerprint density at radius 2 is 0.577 bits per heavy atom. The molecule has 0 radical (unpaired) electrons. The Kier molecular flexibility index (Phi) is 8.10. The lowest BCUT2D eigenvalue weighted by Gasteiger charge is -2.30. The molecule has 8 aromatic carbocycles. The molecular formula is C44H28F6N2. The standard InChI is InChI=1S/C44H28F6N2/c45-43(46,47)29-19-23-33(24-20-29)51(31-11-3-1-4-12-31)41-27-39-36-16-8-10-18-38(36)42(28-40(39)35-15-7-9-17-37(35)41)52(32-13-5-2-6-14-32)34-25-21-30(22-26-34)44(48,49)50/h1-28H. The van der Waals surface area contributed by atoms with Crippen molar-refractivity contribution < 1.29 is 26.3 Å². The van der Waals surface area contributed by atoms with Gasteiger partial charge < -0.3 is 9.80 Å². The molecule has 0 aliphatic carbocycles. The maximum absolute atomic E-state index is 13.6. The van der Waals surface area contributed by atoms with Gasteiger partial charge in [-0.25, -0.2) is 0 Å². The Morgan fingerprint density at radius 1 is 0.288 bits per heavy atom. The number of rotatable bonds is 6. The minimum Gasteiger partial charge on any atom is -0.310 e. The molecule has 8 heteroatoms. The molecule has 0 unspecified atom stereocenters. The number of halogens is 6. The highest BCUT2D eigenvalue weighted by Gasteiger charge is 2.32. The fourth-order valence-corrected chi connectivity index (χ4v) is 6.89. The third kappa shape index (κ3) is 5.96. The highest BCUT2D eigenvalue weighted by atomic mass is 19.4. The van der Waals surface area contributed by atoms with Crippen molar-refractivity contribution in [2.24, 2.45) is 0 Å². The maximum atomic E-state index is 13.6. The molecule has 8 aromatic rings. The number of fused-ring (bicyclic) bond motifs is 5. The molecule has 0 saturated heterocycles. The Bertz CT molecular complexity index is 2350. The van der Waals surface area contributed by atoms with Gasteiger partial charge in [-0.15, -0.1) is 0 Å². The zero-order valence-electron chi connectivity index (χ0n) is 27.3. The molecule has 0 saturated carbocycles. The summed E-state index contributed by atoms with van der Waals surface area (Å²) in [5, 5.41) is 5.33. The SMILES string of the molecule is FC(F)(F)c1ccc(N(c2ccccc2)c2cc3c4ccccc4c(N(c4ccccc4)c4ccc(C(F)(F)F)cc4)cc3c3ccccc23)cc1. The van der Waals surface area contributed by atoms with Crippen LogP contribution in [0.5, 0.6) is 0 Å². The van der Waals surface area contributed by atoms with Crippen LogP contribution in [0, 0.1) is 0 Å². The van der Waals surface area contributed by atoms with E-state index in [9.17, 15) is 26.3 Å². The Morgan fingerprint density at radius 3 is 0.904 bits per heavy atom. The predicted molar refractivity (Wildman–Crippen MR) is 198 cm³/mol. The molecule has 0 aliphatic rings. The van der Waals surface area contributed by atoms with Crippen LogP contribution in [0.2, 0.25) is 0 Å². The van der Waals surface area contributed by atoms with Gasteiger partial charge in [-0.2, -0.15) is 26.3 Å². The Hall–Kier alpha value is -6.28. The van der Waals surface area contributed by atoms with E-state index < -0.39 is 23.5 Å². The summed E-state index contributed by atoms with van der Waals surface area (Å²) in [6.07, 6.45) is -8.95. The lowest BCUT2D eigenvalue weighted by atomic mass is 9.93. The van der Waals surface area contributed by atoms with E-state index in [1.165, 1.54) is 24.3 Å². The highest BCUT2D eigenvalue weighted by Crippen LogP contribution is 2.48. The van der Waals surface area contributed by atoms with Crippen LogP contribution in [0.25, 0.3) is 32.3 Å². The van der Waals surface area contributed by atoms with E-state index in [2.05, 4.69) is 12.1 Å². The van der Waals surface area contributed by atoms with Crippen molar-refractivity contribution in [1.82, 2.24) is 0 Å². The average molecular weight is 699 g/mol. The average Bonchev–Trinajstić information content (AvgIpc) is 3.16. The van der Waals surface area contributed by atoms with Crippen LogP contribution >= 0.6 is 0 Å². The zero-order chi connectivity index (χ0) is 36.0. The number of para-hydroxylation sites is 2. The monoisotopic (exact) mass is 698 g/mol. The van der Waals surface area contributed by atoms with Gasteiger partial charge in [-0.05, 0) is 106 Å². The van der Waals surface area contributed by atoms with E-state index in [0.29, 0.717) is 11.4 Å². The molecule has 52 heavy (non-hydrogen) atoms. The molecular weight excluding hydrogens is 670 g/mol. The topological polar surface area (TPSA) is 6.48 Å². The summed E-state index contributed by atoms with van der Waals surface area (Å²) in [6, 6.07) is 49.2. The van der Waals surface area contributed by atoms with Crippen LogP contribution in [-0.4, -0.2) is 0 Å². The normalized spacial score (nSPS) is 12.0. The van der Waals surface area contributed by atoms with Gasteiger partial charge in [-0.1, -0.05) is 84.9 Å². The van der Waals surface area contributed by atoms with Gasteiger partial charge >= 0.3 is 12.4 Å². The molecule has 0 aliphatic heterocycles. The third-order valence-corrected chi connectivity index (χ3v) is 9.25. The quantitative estimate of drug-likeness (QED) is 0.126. The molecule has 2 nitrogen and oxygen atoms in total. The van der Waals surface area contributed by atoms with E-state index in [4.69, 9.17) is 0 Å². The number of hydrogen-bond acceptors (Lipinski definition) is 2. The maximum Gasteiger partial charge on any atom is 0.416 e. The van der Waals surface area contributed by atoms with E-state index in [1.807, 2.05) is 119 Å². The Balaban J connectivity index is 1.41. The minimum absolute atomic E-state index is 0.558. The van der Waals surface area contributed by atoms with Crippen LogP contribution in [-0.2, 0) is 12.4 Å². The van der Waals surface area contributed by atoms with Crippen molar-refractivity contribution in [2.45, 2.75) is 12.4 Å². The minimum atomic E-state index is -4.48. The fraction of sp³-hybridized carbons (Fsp3) is 0.0455. The second kappa shape index (κ2) is 12.8. The molecule has 0 aromatic heterocycles. The number of alkyl halides is 6. The fourth-order valence-electron chi connectivity index (χ4n) is 6.89. The van der Waals surface area contributed by atoms with Crippen molar-refractivity contribution >= 4 is 66.4 Å². The number of hydrogen-bond donors (Lipinski definition) is 0. The van der Waals surface area contributed by atoms with E-state index in [1.54, 1.807) is 0 Å². The lowest BCUT2D eigenvalue weighted by Crippen LogP contribution is -2.12. The second-order valence-electron chi connectivity index (χ2n) is 12.4. The molecule has 0 amide bonds. The number of benzene rings is 8. The molecule has 0 bridgehead atoms. The molecule has 8 rings (SSSR count). The first kappa shape index (κ1) is 32.9. The summed E-state index contributed by atoms with van der Waals surface area (Å²) in [6.45, 7) is 0. The van der Waals surface area contributed by atoms with Crippen LogP contribution in [0.15, 0.2) is 170 Å². The molecule has 256 valence electrons. The lowest BCUT2D eigenvalue weighted by molar-refractivity contribution is -0.138. The van der Waals surface area contributed by atoms with E-state index in [-0.39, 0.29) is 0 Å². The van der Waals surface area contributed by atoms with Crippen LogP contribution in [0.4, 0.5) is 60.5 Å². The summed E-state index contributed by atoms with van der Waals surface area (Å²) >= 11 is 0. The first-order valence-corrected chi connectivity index (χ1v) is 16.5. The van der Waals surface area contributed by atoms with Gasteiger partial charge in [0, 0.05) is 33.5 Å². The summed E-state index contributed by atoms with van der Waals surface area (Å²) < 4.78 is 81.6. The summed E-state index contributed by atoms with van der Waals surface area (Å²) in [4.78, 5) is 3.92. The molecule has 0 atom stereocenters. The first-order valence-electron chi connectivity index (χ1n) is 16.5. The molecule has 0 N–H and O–H groups in total. The van der Waals surface area contributed by atoms with Gasteiger partial charge in [0.1, 0.15) is 0 Å². The first-order chi connectivity index (χ1) is 25.1. The highest BCUT2D eigenvalue weighted by molar-refractivity contribution is 6.24. The Labute approximate surface area is 295 Å². The molecule has 0 heterocycles. The van der Waals surface area contributed by atoms with Gasteiger partial charge in [0.2, 0.25) is 0 Å². The predicted octanol–water partition coefficient (Wildman–Crippen LogP) is 14.1. The summed E-state index contributed by atoms with van der Waals surface area (Å²) in [5.74, 6) is 0. The smallest absolute Gasteiger partial charge is 0.310 e. The van der Waals surface area contributed by atoms with Crippen molar-refractivity contribution in [3.8, 4) is 0 Å². The van der Waals surface area contributed by atoms with Gasteiger partial charge in [0.05, 0.1) is 22.5 Å². The zero-order valence-corrected chi connectivity index (χ0v) is 27.3. The third-order valence-electron chi connectivity index (χ3n) is 9.25. The molecule has 0 spiro atoms. The van der Waals surface area contributed by atoms with Crippen LogP contribution in [0.1, 0.15) is 11.1 Å². The second-order valence-corrected chi connectivity index (χ2v) is 12.4. The largest absolute Gasteiger partial charge is 0.416 e. The number of anilines is 6. The van der Waals surface area contributed by atoms with Gasteiger partial charge in [-0.3, -0.25) is 0 Å². The van der Waals surface area contributed by atoms with Crippen molar-refractivity contribution in [2.75, 3.05) is 9.80 Å². The van der Waals surface area contributed by atoms with Crippen molar-refractivity contribution in [1.29, 1.82) is 0 Å². The van der Waals surface area contributed by atoms with Gasteiger partial charge in [0.25, 0.3) is 0 Å². The number of nitrogens with zero attached hydrogens (tertiary/aromatic N) is 2. The molecule has 0 fully saturated rings. The van der Waals surface area contributed by atoms with E-state index >= 15 is 0 Å².